The third kappa shape index (κ3) is 2.58. The molecule has 1 fully saturated rings. The number of nitrogens with zero attached hydrogens (tertiary/aromatic N) is 4. The van der Waals surface area contributed by atoms with Gasteiger partial charge in [-0.1, -0.05) is 34.6 Å². The van der Waals surface area contributed by atoms with E-state index >= 15 is 0 Å². The second kappa shape index (κ2) is 5.78. The number of ether oxygens (including phenoxy) is 1. The smallest absolute Gasteiger partial charge is 0.330 e. The molecule has 8 nitrogen and oxygen atoms in total. The van der Waals surface area contributed by atoms with Gasteiger partial charge in [0.25, 0.3) is 5.56 Å². The third-order valence-corrected chi connectivity index (χ3v) is 4.70. The lowest BCUT2D eigenvalue weighted by molar-refractivity contribution is -0.0710. The Kier molecular flexibility index (Phi) is 4.40. The molecule has 0 aromatic carbocycles. The minimum absolute atomic E-state index is 0.240. The van der Waals surface area contributed by atoms with E-state index in [9.17, 15) is 14.0 Å². The van der Waals surface area contributed by atoms with Gasteiger partial charge in [0.15, 0.2) is 18.1 Å². The number of H-pyrrole nitrogens is 1. The van der Waals surface area contributed by atoms with Crippen LogP contribution >= 0.6 is 22.6 Å². The van der Waals surface area contributed by atoms with E-state index in [1.807, 2.05) is 22.6 Å². The summed E-state index contributed by atoms with van der Waals surface area (Å²) in [7, 11) is 0. The average Bonchev–Trinajstić information content (AvgIpc) is 2.69. The summed E-state index contributed by atoms with van der Waals surface area (Å²) in [5, 5.41) is 3.57. The number of alkyl halides is 2. The van der Waals surface area contributed by atoms with Crippen LogP contribution in [0.4, 0.5) is 4.39 Å². The van der Waals surface area contributed by atoms with E-state index in [0.29, 0.717) is 0 Å². The first-order valence-corrected chi connectivity index (χ1v) is 7.65. The van der Waals surface area contributed by atoms with Gasteiger partial charge in [-0.2, -0.15) is 0 Å². The molecule has 0 saturated carbocycles. The van der Waals surface area contributed by atoms with Gasteiger partial charge in [0.1, 0.15) is 0 Å². The molecule has 0 bridgehead atoms. The van der Waals surface area contributed by atoms with Crippen molar-refractivity contribution in [1.29, 1.82) is 0 Å². The minimum Gasteiger partial charge on any atom is -0.341 e. The van der Waals surface area contributed by atoms with E-state index in [0.717, 1.165) is 4.57 Å². The lowest BCUT2D eigenvalue weighted by atomic mass is 9.97. The molecule has 114 valence electrons. The molecule has 0 aliphatic carbocycles. The van der Waals surface area contributed by atoms with Crippen molar-refractivity contribution in [1.82, 2.24) is 9.55 Å². The number of hydrogen-bond acceptors (Lipinski definition) is 4. The van der Waals surface area contributed by atoms with Crippen LogP contribution in [0.15, 0.2) is 20.9 Å². The van der Waals surface area contributed by atoms with Crippen molar-refractivity contribution in [3.8, 4) is 0 Å². The molecule has 0 spiro atoms. The van der Waals surface area contributed by atoms with Crippen molar-refractivity contribution >= 4 is 22.6 Å². The monoisotopic (exact) mass is 409 g/mol. The van der Waals surface area contributed by atoms with Crippen molar-refractivity contribution in [2.75, 3.05) is 4.43 Å². The summed E-state index contributed by atoms with van der Waals surface area (Å²) in [6.45, 7) is 3.06. The Bertz CT molecular complexity index is 713. The van der Waals surface area contributed by atoms with E-state index < -0.39 is 35.3 Å². The Labute approximate surface area is 132 Å². The number of aromatic amines is 1. The molecule has 1 aromatic rings. The Hall–Kier alpha value is -1.39. The van der Waals surface area contributed by atoms with Crippen LogP contribution in [0.5, 0.6) is 0 Å². The van der Waals surface area contributed by atoms with Crippen molar-refractivity contribution in [3.63, 3.8) is 0 Å². The lowest BCUT2D eigenvalue weighted by Gasteiger charge is -2.24. The molecular weight excluding hydrogens is 396 g/mol. The Balaban J connectivity index is 2.52. The van der Waals surface area contributed by atoms with Crippen LogP contribution < -0.4 is 11.2 Å². The number of azide groups is 1. The predicted molar refractivity (Wildman–Crippen MR) is 81.0 cm³/mol. The third-order valence-electron chi connectivity index (χ3n) is 3.61. The summed E-state index contributed by atoms with van der Waals surface area (Å²) in [5.74, 6) is -0.727. The molecule has 1 saturated heterocycles. The predicted octanol–water partition coefficient (Wildman–Crippen LogP) is 1.79. The zero-order valence-corrected chi connectivity index (χ0v) is 13.4. The fourth-order valence-electron chi connectivity index (χ4n) is 2.23. The molecule has 0 radical (unpaired) electrons. The molecular formula is C11H13FIN5O3. The van der Waals surface area contributed by atoms with Crippen LogP contribution in [0, 0.1) is 12.8 Å². The van der Waals surface area contributed by atoms with Gasteiger partial charge in [0.05, 0.1) is 0 Å². The molecule has 0 unspecified atom stereocenters. The highest BCUT2D eigenvalue weighted by Gasteiger charge is 2.53. The second-order valence-corrected chi connectivity index (χ2v) is 5.65. The maximum Gasteiger partial charge on any atom is 0.330 e. The first-order valence-electron chi connectivity index (χ1n) is 6.12. The zero-order valence-electron chi connectivity index (χ0n) is 11.3. The van der Waals surface area contributed by atoms with Crippen LogP contribution in [-0.2, 0) is 4.74 Å². The summed E-state index contributed by atoms with van der Waals surface area (Å²) < 4.78 is 21.3. The summed E-state index contributed by atoms with van der Waals surface area (Å²) in [6.07, 6.45) is -1.55. The van der Waals surface area contributed by atoms with Gasteiger partial charge < -0.3 is 4.74 Å². The molecule has 10 heteroatoms. The molecule has 1 N–H and O–H groups in total. The first-order chi connectivity index (χ1) is 9.86. The highest BCUT2D eigenvalue weighted by Crippen LogP contribution is 2.44. The quantitative estimate of drug-likeness (QED) is 0.270. The Morgan fingerprint density at radius 3 is 2.90 bits per heavy atom. The lowest BCUT2D eigenvalue weighted by Crippen LogP contribution is -2.36. The van der Waals surface area contributed by atoms with Crippen LogP contribution in [0.25, 0.3) is 10.4 Å². The van der Waals surface area contributed by atoms with E-state index in [-0.39, 0.29) is 9.99 Å². The summed E-state index contributed by atoms with van der Waals surface area (Å²) in [4.78, 5) is 28.0. The van der Waals surface area contributed by atoms with E-state index in [4.69, 9.17) is 10.3 Å². The highest BCUT2D eigenvalue weighted by molar-refractivity contribution is 14.1. The maximum atomic E-state index is 14.5. The van der Waals surface area contributed by atoms with Crippen LogP contribution in [0.1, 0.15) is 18.7 Å². The van der Waals surface area contributed by atoms with Crippen LogP contribution in [-0.4, -0.2) is 25.9 Å². The van der Waals surface area contributed by atoms with Gasteiger partial charge in [-0.25, -0.2) is 9.18 Å². The molecule has 1 aliphatic rings. The average molecular weight is 409 g/mol. The van der Waals surface area contributed by atoms with Gasteiger partial charge in [0, 0.05) is 27.0 Å². The van der Waals surface area contributed by atoms with Crippen molar-refractivity contribution in [2.24, 2.45) is 11.0 Å². The molecule has 1 aromatic heterocycles. The standard InChI is InChI=1S/C11H13FIN5O3/c1-5-3-18(10(20)15-8(5)19)9-7(12)6(2)11(4-13,21-9)16-17-14/h3,6-7,9H,4H2,1-2H3,(H,15,19,20)/t6-,7-,9+,11+/m0/s1. The molecule has 1 aliphatic heterocycles. The molecule has 0 amide bonds. The van der Waals surface area contributed by atoms with Crippen molar-refractivity contribution in [2.45, 2.75) is 32.0 Å². The number of hydrogen-bond donors (Lipinski definition) is 1. The van der Waals surface area contributed by atoms with Gasteiger partial charge in [-0.15, -0.1) is 0 Å². The molecule has 21 heavy (non-hydrogen) atoms. The molecule has 2 heterocycles. The SMILES string of the molecule is Cc1cn([C@@H]2O[C@@](CI)(N=[N+]=[N-])[C@@H](C)[C@@H]2F)c(=O)[nH]c1=O. The van der Waals surface area contributed by atoms with Crippen LogP contribution in [0.3, 0.4) is 0 Å². The number of aryl methyl sites for hydroxylation is 1. The van der Waals surface area contributed by atoms with E-state index in [1.165, 1.54) is 13.1 Å². The second-order valence-electron chi connectivity index (χ2n) is 4.89. The normalized spacial score (nSPS) is 31.9. The first kappa shape index (κ1) is 16.0. The largest absolute Gasteiger partial charge is 0.341 e. The van der Waals surface area contributed by atoms with E-state index in [1.54, 1.807) is 6.92 Å². The summed E-state index contributed by atoms with van der Waals surface area (Å²) >= 11 is 1.94. The Morgan fingerprint density at radius 1 is 1.67 bits per heavy atom. The summed E-state index contributed by atoms with van der Waals surface area (Å²) in [5.41, 5.74) is 6.25. The van der Waals surface area contributed by atoms with Gasteiger partial charge >= 0.3 is 5.69 Å². The van der Waals surface area contributed by atoms with Gasteiger partial charge in [0.2, 0.25) is 0 Å². The van der Waals surface area contributed by atoms with Crippen LogP contribution in [0.2, 0.25) is 0 Å². The fourth-order valence-corrected chi connectivity index (χ4v) is 3.26. The Morgan fingerprint density at radius 2 is 2.33 bits per heavy atom. The highest BCUT2D eigenvalue weighted by atomic mass is 127. The van der Waals surface area contributed by atoms with Gasteiger partial charge in [-0.05, 0) is 12.5 Å². The topological polar surface area (TPSA) is 113 Å². The number of nitrogens with one attached hydrogen (secondary N) is 1. The zero-order chi connectivity index (χ0) is 15.8. The van der Waals surface area contributed by atoms with Gasteiger partial charge in [-0.3, -0.25) is 14.3 Å². The molecule has 4 atom stereocenters. The minimum atomic E-state index is -1.55. The number of rotatable bonds is 3. The number of halogens is 2. The molecule has 2 rings (SSSR count). The summed E-state index contributed by atoms with van der Waals surface area (Å²) in [6, 6.07) is 0. The van der Waals surface area contributed by atoms with Crippen molar-refractivity contribution in [3.05, 3.63) is 43.0 Å². The fraction of sp³-hybridized carbons (Fsp3) is 0.636. The maximum absolute atomic E-state index is 14.5. The van der Waals surface area contributed by atoms with E-state index in [2.05, 4.69) is 15.0 Å². The van der Waals surface area contributed by atoms with Crippen molar-refractivity contribution < 1.29 is 9.13 Å². The number of aromatic nitrogens is 2.